The maximum Gasteiger partial charge on any atom is 0.325 e. The molecule has 4 amide bonds. The summed E-state index contributed by atoms with van der Waals surface area (Å²) in [6, 6.07) is 11.9. The fourth-order valence-corrected chi connectivity index (χ4v) is 3.26. The summed E-state index contributed by atoms with van der Waals surface area (Å²) < 4.78 is 10.6. The number of urea groups is 1. The van der Waals surface area contributed by atoms with Crippen LogP contribution in [0.25, 0.3) is 0 Å². The Balaban J connectivity index is 1.68. The molecule has 1 saturated heterocycles. The van der Waals surface area contributed by atoms with Crippen LogP contribution in [0.15, 0.2) is 42.5 Å². The zero-order chi connectivity index (χ0) is 21.7. The number of benzene rings is 2. The summed E-state index contributed by atoms with van der Waals surface area (Å²) in [7, 11) is 3.03. The van der Waals surface area contributed by atoms with Gasteiger partial charge in [-0.25, -0.2) is 4.79 Å². The second-order valence-electron chi connectivity index (χ2n) is 6.67. The highest BCUT2D eigenvalue weighted by atomic mass is 16.5. The quantitative estimate of drug-likeness (QED) is 0.728. The topological polar surface area (TPSA) is 100 Å². The van der Waals surface area contributed by atoms with Crippen molar-refractivity contribution in [1.82, 2.24) is 4.90 Å². The van der Waals surface area contributed by atoms with Crippen LogP contribution >= 0.6 is 0 Å². The van der Waals surface area contributed by atoms with Crippen LogP contribution in [-0.2, 0) is 9.59 Å². The van der Waals surface area contributed by atoms with Crippen LogP contribution in [0, 0.1) is 0 Å². The first-order valence-electron chi connectivity index (χ1n) is 9.38. The molecule has 1 aliphatic heterocycles. The number of methoxy groups -OCH3 is 2. The SMILES string of the molecule is COc1ccc(NC(C)=O)cc1NC(=O)CN1CCN(c2ccccc2OC)C1=O. The third-order valence-electron chi connectivity index (χ3n) is 4.60. The number of ether oxygens (including phenoxy) is 2. The normalized spacial score (nSPS) is 13.2. The molecule has 2 aromatic carbocycles. The van der Waals surface area contributed by atoms with E-state index in [1.165, 1.54) is 18.9 Å². The number of para-hydroxylation sites is 2. The Kier molecular flexibility index (Phi) is 6.41. The number of carbonyl (C=O) groups excluding carboxylic acids is 3. The average Bonchev–Trinajstić information content (AvgIpc) is 3.07. The first kappa shape index (κ1) is 21.0. The third-order valence-corrected chi connectivity index (χ3v) is 4.60. The minimum absolute atomic E-state index is 0.113. The van der Waals surface area contributed by atoms with Gasteiger partial charge in [-0.1, -0.05) is 12.1 Å². The Morgan fingerprint density at radius 1 is 1.00 bits per heavy atom. The van der Waals surface area contributed by atoms with Crippen molar-refractivity contribution in [2.24, 2.45) is 0 Å². The molecule has 0 spiro atoms. The molecule has 9 heteroatoms. The highest BCUT2D eigenvalue weighted by molar-refractivity contribution is 6.01. The molecule has 9 nitrogen and oxygen atoms in total. The van der Waals surface area contributed by atoms with Gasteiger partial charge in [0.1, 0.15) is 18.0 Å². The average molecular weight is 412 g/mol. The fraction of sp³-hybridized carbons (Fsp3) is 0.286. The van der Waals surface area contributed by atoms with Crippen molar-refractivity contribution >= 4 is 34.9 Å². The largest absolute Gasteiger partial charge is 0.495 e. The fourth-order valence-electron chi connectivity index (χ4n) is 3.26. The van der Waals surface area contributed by atoms with Crippen LogP contribution in [0.2, 0.25) is 0 Å². The van der Waals surface area contributed by atoms with Crippen molar-refractivity contribution in [2.45, 2.75) is 6.92 Å². The van der Waals surface area contributed by atoms with E-state index < -0.39 is 0 Å². The van der Waals surface area contributed by atoms with E-state index in [2.05, 4.69) is 10.6 Å². The molecule has 30 heavy (non-hydrogen) atoms. The summed E-state index contributed by atoms with van der Waals surface area (Å²) in [5.74, 6) is 0.442. The first-order valence-corrected chi connectivity index (χ1v) is 9.38. The number of carbonyl (C=O) groups is 3. The lowest BCUT2D eigenvalue weighted by Crippen LogP contribution is -2.37. The molecular formula is C21H24N4O5. The maximum absolute atomic E-state index is 12.8. The zero-order valence-corrected chi connectivity index (χ0v) is 17.1. The smallest absolute Gasteiger partial charge is 0.325 e. The lowest BCUT2D eigenvalue weighted by atomic mass is 10.2. The van der Waals surface area contributed by atoms with Crippen molar-refractivity contribution in [2.75, 3.05) is 49.4 Å². The standard InChI is InChI=1S/C21H24N4O5/c1-14(26)22-15-8-9-18(29-2)16(12-15)23-20(27)13-24-10-11-25(21(24)28)17-6-4-5-7-19(17)30-3/h4-9,12H,10-11,13H2,1-3H3,(H,22,26)(H,23,27). The first-order chi connectivity index (χ1) is 14.4. The molecule has 1 aliphatic rings. The summed E-state index contributed by atoms with van der Waals surface area (Å²) >= 11 is 0. The number of hydrogen-bond acceptors (Lipinski definition) is 5. The molecule has 1 heterocycles. The number of rotatable bonds is 7. The molecule has 0 saturated carbocycles. The maximum atomic E-state index is 12.8. The van der Waals surface area contributed by atoms with Gasteiger partial charge in [-0.15, -0.1) is 0 Å². The molecule has 1 fully saturated rings. The minimum Gasteiger partial charge on any atom is -0.495 e. The highest BCUT2D eigenvalue weighted by Crippen LogP contribution is 2.31. The molecule has 2 aromatic rings. The monoisotopic (exact) mass is 412 g/mol. The molecule has 0 bridgehead atoms. The van der Waals surface area contributed by atoms with Crippen LogP contribution in [0.5, 0.6) is 11.5 Å². The number of amides is 4. The lowest BCUT2D eigenvalue weighted by Gasteiger charge is -2.20. The Hall–Kier alpha value is -3.75. The predicted molar refractivity (Wildman–Crippen MR) is 113 cm³/mol. The van der Waals surface area contributed by atoms with Crippen LogP contribution in [0.1, 0.15) is 6.92 Å². The molecule has 0 radical (unpaired) electrons. The zero-order valence-electron chi connectivity index (χ0n) is 17.1. The number of nitrogens with zero attached hydrogens (tertiary/aromatic N) is 2. The second-order valence-corrected chi connectivity index (χ2v) is 6.67. The van der Waals surface area contributed by atoms with Gasteiger partial charge >= 0.3 is 6.03 Å². The van der Waals surface area contributed by atoms with Crippen LogP contribution in [0.3, 0.4) is 0 Å². The van der Waals surface area contributed by atoms with E-state index in [-0.39, 0.29) is 24.4 Å². The Labute approximate surface area is 174 Å². The second kappa shape index (κ2) is 9.17. The highest BCUT2D eigenvalue weighted by Gasteiger charge is 2.32. The molecule has 3 rings (SSSR count). The van der Waals surface area contributed by atoms with Crippen molar-refractivity contribution < 1.29 is 23.9 Å². The van der Waals surface area contributed by atoms with Crippen molar-refractivity contribution in [1.29, 1.82) is 0 Å². The van der Waals surface area contributed by atoms with Gasteiger partial charge in [-0.2, -0.15) is 0 Å². The summed E-state index contributed by atoms with van der Waals surface area (Å²) in [4.78, 5) is 39.7. The van der Waals surface area contributed by atoms with E-state index in [1.807, 2.05) is 12.1 Å². The summed E-state index contributed by atoms with van der Waals surface area (Å²) in [5.41, 5.74) is 1.60. The van der Waals surface area contributed by atoms with Crippen LogP contribution in [-0.4, -0.2) is 56.6 Å². The van der Waals surface area contributed by atoms with Crippen LogP contribution < -0.4 is 25.0 Å². The summed E-state index contributed by atoms with van der Waals surface area (Å²) in [5, 5.41) is 5.40. The molecule has 0 aromatic heterocycles. The minimum atomic E-state index is -0.372. The third kappa shape index (κ3) is 4.62. The van der Waals surface area contributed by atoms with Gasteiger partial charge in [-0.3, -0.25) is 14.5 Å². The summed E-state index contributed by atoms with van der Waals surface area (Å²) in [6.07, 6.45) is 0. The number of anilines is 3. The van der Waals surface area contributed by atoms with Crippen LogP contribution in [0.4, 0.5) is 21.9 Å². The Morgan fingerprint density at radius 2 is 1.73 bits per heavy atom. The molecule has 0 atom stereocenters. The molecule has 0 unspecified atom stereocenters. The van der Waals surface area contributed by atoms with Gasteiger partial charge in [0.2, 0.25) is 11.8 Å². The van der Waals surface area contributed by atoms with Gasteiger partial charge in [0.15, 0.2) is 0 Å². The Bertz CT molecular complexity index is 962. The molecular weight excluding hydrogens is 388 g/mol. The predicted octanol–water partition coefficient (Wildman–Crippen LogP) is 2.54. The molecule has 158 valence electrons. The van der Waals surface area contributed by atoms with Gasteiger partial charge < -0.3 is 25.0 Å². The van der Waals surface area contributed by atoms with E-state index >= 15 is 0 Å². The van der Waals surface area contributed by atoms with E-state index in [1.54, 1.807) is 42.3 Å². The van der Waals surface area contributed by atoms with E-state index in [0.29, 0.717) is 41.7 Å². The van der Waals surface area contributed by atoms with Crippen molar-refractivity contribution in [3.05, 3.63) is 42.5 Å². The van der Waals surface area contributed by atoms with Gasteiger partial charge in [0.25, 0.3) is 0 Å². The van der Waals surface area contributed by atoms with E-state index in [4.69, 9.17) is 9.47 Å². The van der Waals surface area contributed by atoms with E-state index in [0.717, 1.165) is 0 Å². The van der Waals surface area contributed by atoms with Gasteiger partial charge in [-0.05, 0) is 30.3 Å². The summed E-state index contributed by atoms with van der Waals surface area (Å²) in [6.45, 7) is 2.15. The van der Waals surface area contributed by atoms with Crippen molar-refractivity contribution in [3.8, 4) is 11.5 Å². The Morgan fingerprint density at radius 3 is 2.43 bits per heavy atom. The van der Waals surface area contributed by atoms with Gasteiger partial charge in [0, 0.05) is 25.7 Å². The molecule has 2 N–H and O–H groups in total. The lowest BCUT2D eigenvalue weighted by molar-refractivity contribution is -0.116. The number of nitrogens with one attached hydrogen (secondary N) is 2. The van der Waals surface area contributed by atoms with Gasteiger partial charge in [0.05, 0.1) is 25.6 Å². The van der Waals surface area contributed by atoms with E-state index in [9.17, 15) is 14.4 Å². The number of hydrogen-bond donors (Lipinski definition) is 2. The van der Waals surface area contributed by atoms with Crippen molar-refractivity contribution in [3.63, 3.8) is 0 Å². The molecule has 0 aliphatic carbocycles.